The van der Waals surface area contributed by atoms with Gasteiger partial charge < -0.3 is 14.8 Å². The van der Waals surface area contributed by atoms with Crippen LogP contribution in [-0.2, 0) is 11.3 Å². The molecule has 0 radical (unpaired) electrons. The van der Waals surface area contributed by atoms with Crippen LogP contribution in [0.25, 0.3) is 11.4 Å². The first-order chi connectivity index (χ1) is 9.52. The third kappa shape index (κ3) is 2.93. The SMILES string of the molecule is CCn1c(S[C@H](C)C(=O)O)nnc1-c1ccc(O)cc1. The summed E-state index contributed by atoms with van der Waals surface area (Å²) in [5.41, 5.74) is 0.826. The minimum absolute atomic E-state index is 0.186. The lowest BCUT2D eigenvalue weighted by Crippen LogP contribution is -2.13. The first-order valence-electron chi connectivity index (χ1n) is 6.15. The monoisotopic (exact) mass is 293 g/mol. The molecule has 2 N–H and O–H groups in total. The van der Waals surface area contributed by atoms with Crippen LogP contribution >= 0.6 is 11.8 Å². The second kappa shape index (κ2) is 5.96. The zero-order chi connectivity index (χ0) is 14.7. The summed E-state index contributed by atoms with van der Waals surface area (Å²) in [7, 11) is 0. The molecule has 1 aromatic heterocycles. The molecule has 0 saturated carbocycles. The van der Waals surface area contributed by atoms with Crippen LogP contribution in [0, 0.1) is 0 Å². The molecule has 106 valence electrons. The van der Waals surface area contributed by atoms with Gasteiger partial charge >= 0.3 is 5.97 Å². The van der Waals surface area contributed by atoms with E-state index < -0.39 is 11.2 Å². The van der Waals surface area contributed by atoms with Crippen molar-refractivity contribution in [1.82, 2.24) is 14.8 Å². The molecular formula is C13H15N3O3S. The van der Waals surface area contributed by atoms with Crippen molar-refractivity contribution in [2.75, 3.05) is 0 Å². The Morgan fingerprint density at radius 2 is 2.00 bits per heavy atom. The number of carboxylic acid groups (broad SMARTS) is 1. The Kier molecular flexibility index (Phi) is 4.29. The Labute approximate surface area is 120 Å². The molecular weight excluding hydrogens is 278 g/mol. The maximum atomic E-state index is 10.9. The predicted molar refractivity (Wildman–Crippen MR) is 75.8 cm³/mol. The number of aromatic nitrogens is 3. The summed E-state index contributed by atoms with van der Waals surface area (Å²) in [6.07, 6.45) is 0. The van der Waals surface area contributed by atoms with Crippen LogP contribution in [-0.4, -0.2) is 36.2 Å². The van der Waals surface area contributed by atoms with Crippen LogP contribution in [0.3, 0.4) is 0 Å². The molecule has 0 saturated heterocycles. The number of nitrogens with zero attached hydrogens (tertiary/aromatic N) is 3. The van der Waals surface area contributed by atoms with Crippen molar-refractivity contribution < 1.29 is 15.0 Å². The highest BCUT2D eigenvalue weighted by molar-refractivity contribution is 8.00. The number of hydrogen-bond acceptors (Lipinski definition) is 5. The van der Waals surface area contributed by atoms with Gasteiger partial charge in [0.1, 0.15) is 11.0 Å². The van der Waals surface area contributed by atoms with Gasteiger partial charge in [-0.2, -0.15) is 0 Å². The zero-order valence-corrected chi connectivity index (χ0v) is 12.0. The lowest BCUT2D eigenvalue weighted by molar-refractivity contribution is -0.136. The van der Waals surface area contributed by atoms with E-state index in [4.69, 9.17) is 5.11 Å². The first-order valence-corrected chi connectivity index (χ1v) is 7.03. The molecule has 2 aromatic rings. The lowest BCUT2D eigenvalue weighted by atomic mass is 10.2. The number of phenolic OH excluding ortho intramolecular Hbond substituents is 1. The molecule has 0 spiro atoms. The van der Waals surface area contributed by atoms with Crippen molar-refractivity contribution in [1.29, 1.82) is 0 Å². The number of rotatable bonds is 5. The van der Waals surface area contributed by atoms with E-state index in [2.05, 4.69) is 10.2 Å². The molecule has 0 bridgehead atoms. The number of phenols is 1. The van der Waals surface area contributed by atoms with Crippen molar-refractivity contribution in [3.05, 3.63) is 24.3 Å². The smallest absolute Gasteiger partial charge is 0.316 e. The lowest BCUT2D eigenvalue weighted by Gasteiger charge is -2.09. The molecule has 1 atom stereocenters. The topological polar surface area (TPSA) is 88.2 Å². The van der Waals surface area contributed by atoms with Gasteiger partial charge in [0.05, 0.1) is 0 Å². The van der Waals surface area contributed by atoms with Gasteiger partial charge in [-0.25, -0.2) is 0 Å². The van der Waals surface area contributed by atoms with Gasteiger partial charge in [-0.1, -0.05) is 11.8 Å². The van der Waals surface area contributed by atoms with E-state index in [-0.39, 0.29) is 5.75 Å². The molecule has 20 heavy (non-hydrogen) atoms. The molecule has 1 heterocycles. The van der Waals surface area contributed by atoms with Gasteiger partial charge in [-0.15, -0.1) is 10.2 Å². The third-order valence-electron chi connectivity index (χ3n) is 2.79. The van der Waals surface area contributed by atoms with Gasteiger partial charge in [0.25, 0.3) is 0 Å². The minimum atomic E-state index is -0.883. The van der Waals surface area contributed by atoms with Gasteiger partial charge in [0.15, 0.2) is 11.0 Å². The van der Waals surface area contributed by atoms with E-state index in [0.717, 1.165) is 17.3 Å². The molecule has 1 aromatic carbocycles. The van der Waals surface area contributed by atoms with Gasteiger partial charge in [0.2, 0.25) is 0 Å². The van der Waals surface area contributed by atoms with E-state index in [1.807, 2.05) is 11.5 Å². The summed E-state index contributed by atoms with van der Waals surface area (Å²) in [6, 6.07) is 6.66. The van der Waals surface area contributed by atoms with Gasteiger partial charge in [-0.3, -0.25) is 4.79 Å². The maximum absolute atomic E-state index is 10.9. The highest BCUT2D eigenvalue weighted by atomic mass is 32.2. The summed E-state index contributed by atoms with van der Waals surface area (Å²) in [5, 5.41) is 26.4. The van der Waals surface area contributed by atoms with E-state index in [0.29, 0.717) is 17.5 Å². The first kappa shape index (κ1) is 14.4. The summed E-state index contributed by atoms with van der Waals surface area (Å²) >= 11 is 1.16. The fourth-order valence-corrected chi connectivity index (χ4v) is 2.54. The van der Waals surface area contributed by atoms with Crippen molar-refractivity contribution in [3.8, 4) is 17.1 Å². The highest BCUT2D eigenvalue weighted by Crippen LogP contribution is 2.27. The fraction of sp³-hybridized carbons (Fsp3) is 0.308. The maximum Gasteiger partial charge on any atom is 0.316 e. The van der Waals surface area contributed by atoms with Gasteiger partial charge in [-0.05, 0) is 38.1 Å². The Bertz CT molecular complexity index is 610. The number of aliphatic carboxylic acids is 1. The number of carboxylic acids is 1. The highest BCUT2D eigenvalue weighted by Gasteiger charge is 2.19. The average Bonchev–Trinajstić information content (AvgIpc) is 2.82. The van der Waals surface area contributed by atoms with Gasteiger partial charge in [0, 0.05) is 12.1 Å². The minimum Gasteiger partial charge on any atom is -0.508 e. The summed E-state index contributed by atoms with van der Waals surface area (Å²) in [6.45, 7) is 4.20. The molecule has 0 aliphatic heterocycles. The number of carbonyl (C=O) groups is 1. The normalized spacial score (nSPS) is 12.3. The van der Waals surface area contributed by atoms with Crippen LogP contribution < -0.4 is 0 Å². The van der Waals surface area contributed by atoms with Crippen LogP contribution in [0.5, 0.6) is 5.75 Å². The largest absolute Gasteiger partial charge is 0.508 e. The predicted octanol–water partition coefficient (Wildman–Crippen LogP) is 2.24. The van der Waals surface area contributed by atoms with E-state index in [1.165, 1.54) is 0 Å². The van der Waals surface area contributed by atoms with Crippen LogP contribution in [0.15, 0.2) is 29.4 Å². The molecule has 0 amide bonds. The number of benzene rings is 1. The van der Waals surface area contributed by atoms with E-state index in [9.17, 15) is 9.90 Å². The second-order valence-corrected chi connectivity index (χ2v) is 5.50. The third-order valence-corrected chi connectivity index (χ3v) is 3.86. The average molecular weight is 293 g/mol. The Balaban J connectivity index is 2.34. The quantitative estimate of drug-likeness (QED) is 0.822. The Morgan fingerprint density at radius 3 is 2.55 bits per heavy atom. The van der Waals surface area contributed by atoms with E-state index in [1.54, 1.807) is 31.2 Å². The molecule has 6 nitrogen and oxygen atoms in total. The van der Waals surface area contributed by atoms with Crippen molar-refractivity contribution >= 4 is 17.7 Å². The number of aromatic hydroxyl groups is 1. The number of hydrogen-bond donors (Lipinski definition) is 2. The second-order valence-electron chi connectivity index (χ2n) is 4.20. The summed E-state index contributed by atoms with van der Waals surface area (Å²) < 4.78 is 1.86. The van der Waals surface area contributed by atoms with Crippen molar-refractivity contribution in [2.24, 2.45) is 0 Å². The molecule has 0 aliphatic rings. The standard InChI is InChI=1S/C13H15N3O3S/c1-3-16-11(9-4-6-10(17)7-5-9)14-15-13(16)20-8(2)12(18)19/h4-8,17H,3H2,1-2H3,(H,18,19)/t8-/m1/s1. The zero-order valence-electron chi connectivity index (χ0n) is 11.1. The molecule has 0 aliphatic carbocycles. The van der Waals surface area contributed by atoms with Crippen LogP contribution in [0.2, 0.25) is 0 Å². The van der Waals surface area contributed by atoms with E-state index >= 15 is 0 Å². The van der Waals surface area contributed by atoms with Crippen LogP contribution in [0.4, 0.5) is 0 Å². The number of thioether (sulfide) groups is 1. The van der Waals surface area contributed by atoms with Crippen molar-refractivity contribution in [2.45, 2.75) is 30.8 Å². The van der Waals surface area contributed by atoms with Crippen LogP contribution in [0.1, 0.15) is 13.8 Å². The molecule has 0 unspecified atom stereocenters. The summed E-state index contributed by atoms with van der Waals surface area (Å²) in [5.74, 6) is -0.0372. The summed E-state index contributed by atoms with van der Waals surface area (Å²) in [4.78, 5) is 10.9. The fourth-order valence-electron chi connectivity index (χ4n) is 1.69. The molecule has 2 rings (SSSR count). The molecule has 0 fully saturated rings. The Morgan fingerprint density at radius 1 is 1.35 bits per heavy atom. The molecule has 7 heteroatoms. The Hall–Kier alpha value is -2.02. The van der Waals surface area contributed by atoms with Crippen molar-refractivity contribution in [3.63, 3.8) is 0 Å².